The third-order valence-electron chi connectivity index (χ3n) is 4.13. The fourth-order valence-corrected chi connectivity index (χ4v) is 3.30. The number of amides is 1. The highest BCUT2D eigenvalue weighted by Crippen LogP contribution is 2.25. The van der Waals surface area contributed by atoms with Crippen molar-refractivity contribution in [3.63, 3.8) is 0 Å². The molecule has 2 aromatic heterocycles. The highest BCUT2D eigenvalue weighted by molar-refractivity contribution is 8.00. The maximum atomic E-state index is 12.6. The van der Waals surface area contributed by atoms with Gasteiger partial charge < -0.3 is 5.32 Å². The van der Waals surface area contributed by atoms with Gasteiger partial charge in [-0.15, -0.1) is 5.10 Å². The van der Waals surface area contributed by atoms with Crippen LogP contribution >= 0.6 is 11.8 Å². The average molecular weight is 371 g/mol. The predicted molar refractivity (Wildman–Crippen MR) is 101 cm³/mol. The molecule has 0 aliphatic heterocycles. The summed E-state index contributed by atoms with van der Waals surface area (Å²) < 4.78 is 3.38. The molecule has 0 unspecified atom stereocenters. The summed E-state index contributed by atoms with van der Waals surface area (Å²) in [7, 11) is 1.85. The van der Waals surface area contributed by atoms with Crippen molar-refractivity contribution in [2.45, 2.75) is 38.1 Å². The maximum Gasteiger partial charge on any atom is 0.237 e. The summed E-state index contributed by atoms with van der Waals surface area (Å²) in [6.07, 6.45) is 0. The number of benzene rings is 1. The summed E-state index contributed by atoms with van der Waals surface area (Å²) in [6, 6.07) is 7.89. The van der Waals surface area contributed by atoms with Crippen LogP contribution in [0.2, 0.25) is 0 Å². The van der Waals surface area contributed by atoms with E-state index in [2.05, 4.69) is 25.9 Å². The Morgan fingerprint density at radius 2 is 1.88 bits per heavy atom. The van der Waals surface area contributed by atoms with Gasteiger partial charge >= 0.3 is 0 Å². The smallest absolute Gasteiger partial charge is 0.237 e. The van der Waals surface area contributed by atoms with Gasteiger partial charge in [-0.3, -0.25) is 9.48 Å². The number of aryl methyl sites for hydroxylation is 3. The zero-order valence-corrected chi connectivity index (χ0v) is 16.2. The molecular weight excluding hydrogens is 350 g/mol. The van der Waals surface area contributed by atoms with Crippen LogP contribution in [0.5, 0.6) is 0 Å². The third kappa shape index (κ3) is 3.62. The molecule has 2 heterocycles. The van der Waals surface area contributed by atoms with Gasteiger partial charge in [-0.05, 0) is 50.3 Å². The Labute approximate surface area is 156 Å². The van der Waals surface area contributed by atoms with Crippen molar-refractivity contribution in [2.75, 3.05) is 5.32 Å². The van der Waals surface area contributed by atoms with E-state index in [1.807, 2.05) is 59.0 Å². The zero-order chi connectivity index (χ0) is 18.8. The molecule has 1 amide bonds. The molecule has 3 aromatic rings. The molecule has 0 spiro atoms. The van der Waals surface area contributed by atoms with E-state index in [-0.39, 0.29) is 11.2 Å². The summed E-state index contributed by atoms with van der Waals surface area (Å²) in [4.78, 5) is 12.6. The van der Waals surface area contributed by atoms with Gasteiger partial charge in [0, 0.05) is 7.05 Å². The third-order valence-corrected chi connectivity index (χ3v) is 5.16. The number of nitrogens with one attached hydrogen (secondary N) is 1. The van der Waals surface area contributed by atoms with Crippen LogP contribution in [-0.2, 0) is 11.8 Å². The van der Waals surface area contributed by atoms with Crippen molar-refractivity contribution in [3.8, 4) is 5.69 Å². The topological polar surface area (TPSA) is 90.5 Å². The van der Waals surface area contributed by atoms with Gasteiger partial charge in [0.25, 0.3) is 0 Å². The minimum absolute atomic E-state index is 0.118. The van der Waals surface area contributed by atoms with Crippen molar-refractivity contribution in [1.29, 1.82) is 0 Å². The zero-order valence-electron chi connectivity index (χ0n) is 15.4. The van der Waals surface area contributed by atoms with E-state index in [0.29, 0.717) is 5.16 Å². The lowest BCUT2D eigenvalue weighted by Gasteiger charge is -2.12. The molecular formula is C17H21N7OS. The molecule has 1 aromatic carbocycles. The van der Waals surface area contributed by atoms with Crippen molar-refractivity contribution < 1.29 is 4.79 Å². The second-order valence-corrected chi connectivity index (χ2v) is 7.44. The first-order chi connectivity index (χ1) is 12.4. The molecule has 1 atom stereocenters. The number of carbonyl (C=O) groups is 1. The van der Waals surface area contributed by atoms with Crippen LogP contribution in [0.1, 0.15) is 23.9 Å². The summed E-state index contributed by atoms with van der Waals surface area (Å²) in [6.45, 7) is 7.65. The van der Waals surface area contributed by atoms with Crippen molar-refractivity contribution in [3.05, 3.63) is 41.2 Å². The highest BCUT2D eigenvalue weighted by Gasteiger charge is 2.21. The van der Waals surface area contributed by atoms with Crippen molar-refractivity contribution in [1.82, 2.24) is 30.0 Å². The van der Waals surface area contributed by atoms with E-state index in [1.54, 1.807) is 9.36 Å². The number of hydrogen-bond donors (Lipinski definition) is 1. The molecule has 3 rings (SSSR count). The Kier molecular flexibility index (Phi) is 5.08. The van der Waals surface area contributed by atoms with E-state index in [4.69, 9.17) is 0 Å². The van der Waals surface area contributed by atoms with Gasteiger partial charge in [0.05, 0.1) is 28.0 Å². The summed E-state index contributed by atoms with van der Waals surface area (Å²) in [5, 5.41) is 19.3. The molecule has 9 heteroatoms. The molecule has 0 aliphatic rings. The fourth-order valence-electron chi connectivity index (χ4n) is 2.49. The minimum atomic E-state index is -0.371. The normalized spacial score (nSPS) is 12.2. The first kappa shape index (κ1) is 18.1. The molecule has 0 radical (unpaired) electrons. The molecule has 0 saturated heterocycles. The lowest BCUT2D eigenvalue weighted by molar-refractivity contribution is -0.115. The number of thioether (sulfide) groups is 1. The van der Waals surface area contributed by atoms with Gasteiger partial charge in [0.2, 0.25) is 11.1 Å². The number of anilines is 1. The maximum absolute atomic E-state index is 12.6. The fraction of sp³-hybridized carbons (Fsp3) is 0.353. The Morgan fingerprint density at radius 3 is 2.50 bits per heavy atom. The number of hydrogen-bond acceptors (Lipinski definition) is 6. The summed E-state index contributed by atoms with van der Waals surface area (Å²) in [5.41, 5.74) is 4.47. The summed E-state index contributed by atoms with van der Waals surface area (Å²) >= 11 is 1.31. The second kappa shape index (κ2) is 7.28. The Balaban J connectivity index is 1.74. The number of nitrogens with zero attached hydrogens (tertiary/aromatic N) is 6. The van der Waals surface area contributed by atoms with Crippen molar-refractivity contribution >= 4 is 23.4 Å². The van der Waals surface area contributed by atoms with Crippen LogP contribution in [-0.4, -0.2) is 41.1 Å². The van der Waals surface area contributed by atoms with E-state index in [1.165, 1.54) is 11.8 Å². The molecule has 8 nitrogen and oxygen atoms in total. The number of aromatic nitrogens is 6. The van der Waals surface area contributed by atoms with Gasteiger partial charge in [0.1, 0.15) is 0 Å². The highest BCUT2D eigenvalue weighted by atomic mass is 32.2. The monoisotopic (exact) mass is 371 g/mol. The first-order valence-electron chi connectivity index (χ1n) is 8.20. The first-order valence-corrected chi connectivity index (χ1v) is 9.08. The van der Waals surface area contributed by atoms with Gasteiger partial charge in [0.15, 0.2) is 0 Å². The largest absolute Gasteiger partial charge is 0.322 e. The Bertz CT molecular complexity index is 929. The van der Waals surface area contributed by atoms with E-state index >= 15 is 0 Å². The standard InChI is InChI=1S/C17H21N7OS/c1-10-6-8-14(9-7-10)24-17(19-21-22-24)26-13(4)16(25)18-15-11(2)20-23(5)12(15)3/h6-9,13H,1-5H3,(H,18,25)/t13-/m0/s1. The molecule has 0 aliphatic carbocycles. The number of carbonyl (C=O) groups excluding carboxylic acids is 1. The molecule has 26 heavy (non-hydrogen) atoms. The lowest BCUT2D eigenvalue weighted by atomic mass is 10.2. The van der Waals surface area contributed by atoms with Crippen LogP contribution in [0, 0.1) is 20.8 Å². The SMILES string of the molecule is Cc1ccc(-n2nnnc2S[C@@H](C)C(=O)Nc2c(C)nn(C)c2C)cc1. The van der Waals surface area contributed by atoms with Crippen LogP contribution < -0.4 is 5.32 Å². The molecule has 0 bridgehead atoms. The van der Waals surface area contributed by atoms with Gasteiger partial charge in [-0.2, -0.15) is 9.78 Å². The van der Waals surface area contributed by atoms with Gasteiger partial charge in [-0.1, -0.05) is 29.5 Å². The predicted octanol–water partition coefficient (Wildman–Crippen LogP) is 2.44. The Hall–Kier alpha value is -2.68. The molecule has 0 fully saturated rings. The van der Waals surface area contributed by atoms with Crippen molar-refractivity contribution in [2.24, 2.45) is 7.05 Å². The van der Waals surface area contributed by atoms with E-state index in [0.717, 1.165) is 28.3 Å². The average Bonchev–Trinajstić information content (AvgIpc) is 3.15. The van der Waals surface area contributed by atoms with Crippen LogP contribution in [0.3, 0.4) is 0 Å². The van der Waals surface area contributed by atoms with E-state index in [9.17, 15) is 4.79 Å². The van der Waals surface area contributed by atoms with Crippen LogP contribution in [0.15, 0.2) is 29.4 Å². The number of tetrazole rings is 1. The van der Waals surface area contributed by atoms with E-state index < -0.39 is 0 Å². The van der Waals surface area contributed by atoms with Crippen LogP contribution in [0.25, 0.3) is 5.69 Å². The summed E-state index contributed by atoms with van der Waals surface area (Å²) in [5.74, 6) is -0.118. The molecule has 136 valence electrons. The van der Waals surface area contributed by atoms with Crippen LogP contribution in [0.4, 0.5) is 5.69 Å². The Morgan fingerprint density at radius 1 is 1.19 bits per heavy atom. The van der Waals surface area contributed by atoms with Gasteiger partial charge in [-0.25, -0.2) is 0 Å². The number of rotatable bonds is 5. The molecule has 0 saturated carbocycles. The molecule has 1 N–H and O–H groups in total. The minimum Gasteiger partial charge on any atom is -0.322 e. The second-order valence-electron chi connectivity index (χ2n) is 6.13. The lowest BCUT2D eigenvalue weighted by Crippen LogP contribution is -2.23. The quantitative estimate of drug-likeness (QED) is 0.693.